The first-order chi connectivity index (χ1) is 12.7. The first kappa shape index (κ1) is 20.5. The summed E-state index contributed by atoms with van der Waals surface area (Å²) < 4.78 is 5.13. The second-order valence-electron chi connectivity index (χ2n) is 5.37. The molecule has 0 aliphatic carbocycles. The molecule has 2 aromatic carbocycles. The highest BCUT2D eigenvalue weighted by Gasteiger charge is 2.23. The molecule has 0 saturated carbocycles. The minimum atomic E-state index is -1.20. The third-order valence-electron chi connectivity index (χ3n) is 3.57. The van der Waals surface area contributed by atoms with Crippen LogP contribution in [0.15, 0.2) is 36.4 Å². The molecule has 0 bridgehead atoms. The average Bonchev–Trinajstić information content (AvgIpc) is 2.63. The van der Waals surface area contributed by atoms with Gasteiger partial charge in [0, 0.05) is 24.9 Å². The number of hydrogen-bond acceptors (Lipinski definition) is 6. The van der Waals surface area contributed by atoms with E-state index in [1.165, 1.54) is 19.1 Å². The minimum absolute atomic E-state index is 0.0675. The lowest BCUT2D eigenvalue weighted by Crippen LogP contribution is -2.30. The van der Waals surface area contributed by atoms with Gasteiger partial charge in [0.15, 0.2) is 6.10 Å². The number of nitrogens with one attached hydrogen (secondary N) is 2. The van der Waals surface area contributed by atoms with E-state index < -0.39 is 22.9 Å². The third kappa shape index (κ3) is 4.87. The standard InChI is InChI=1S/C17H15Cl2N3O5/c1-9(16(23)21-15-12(18)4-3-5-13(15)19)27-17(24)11-8-10(22(25)26)6-7-14(11)20-2/h3-9,20H,1-2H3,(H,21,23)/t9-/m0/s1. The van der Waals surface area contributed by atoms with E-state index in [4.69, 9.17) is 27.9 Å². The molecule has 1 amide bonds. The molecule has 10 heteroatoms. The first-order valence-corrected chi connectivity index (χ1v) is 8.42. The van der Waals surface area contributed by atoms with Crippen molar-refractivity contribution >= 4 is 52.1 Å². The Morgan fingerprint density at radius 1 is 1.19 bits per heavy atom. The number of non-ortho nitro benzene ring substituents is 1. The van der Waals surface area contributed by atoms with Crippen molar-refractivity contribution in [3.05, 3.63) is 62.1 Å². The average molecular weight is 412 g/mol. The molecule has 0 unspecified atom stereocenters. The number of nitrogens with zero attached hydrogens (tertiary/aromatic N) is 1. The van der Waals surface area contributed by atoms with Gasteiger partial charge in [-0.1, -0.05) is 29.3 Å². The molecule has 0 spiro atoms. The second-order valence-corrected chi connectivity index (χ2v) is 6.18. The number of nitro benzene ring substituents is 1. The molecule has 0 aromatic heterocycles. The Labute approximate surface area is 164 Å². The Bertz CT molecular complexity index is 884. The van der Waals surface area contributed by atoms with Crippen LogP contribution < -0.4 is 10.6 Å². The number of nitro groups is 1. The van der Waals surface area contributed by atoms with Gasteiger partial charge in [0.25, 0.3) is 11.6 Å². The quantitative estimate of drug-likeness (QED) is 0.419. The van der Waals surface area contributed by atoms with Crippen LogP contribution in [0.5, 0.6) is 0 Å². The number of carbonyl (C=O) groups is 2. The van der Waals surface area contributed by atoms with Gasteiger partial charge in [-0.3, -0.25) is 14.9 Å². The second kappa shape index (κ2) is 8.70. The molecule has 0 aliphatic heterocycles. The van der Waals surface area contributed by atoms with Crippen LogP contribution in [0.2, 0.25) is 10.0 Å². The third-order valence-corrected chi connectivity index (χ3v) is 4.20. The van der Waals surface area contributed by atoms with Gasteiger partial charge in [0.2, 0.25) is 0 Å². The maximum atomic E-state index is 12.4. The molecule has 142 valence electrons. The van der Waals surface area contributed by atoms with Crippen molar-refractivity contribution in [2.75, 3.05) is 17.7 Å². The number of carbonyl (C=O) groups excluding carboxylic acids is 2. The molecule has 27 heavy (non-hydrogen) atoms. The summed E-state index contributed by atoms with van der Waals surface area (Å²) in [5.74, 6) is -1.55. The molecule has 0 radical (unpaired) electrons. The molecule has 0 saturated heterocycles. The maximum Gasteiger partial charge on any atom is 0.341 e. The van der Waals surface area contributed by atoms with Gasteiger partial charge in [-0.2, -0.15) is 0 Å². The molecule has 2 N–H and O–H groups in total. The lowest BCUT2D eigenvalue weighted by molar-refractivity contribution is -0.384. The zero-order chi connectivity index (χ0) is 20.1. The zero-order valence-corrected chi connectivity index (χ0v) is 15.8. The van der Waals surface area contributed by atoms with Crippen LogP contribution >= 0.6 is 23.2 Å². The molecule has 0 fully saturated rings. The Morgan fingerprint density at radius 3 is 2.37 bits per heavy atom. The summed E-state index contributed by atoms with van der Waals surface area (Å²) in [6.07, 6.45) is -1.20. The van der Waals surface area contributed by atoms with E-state index in [1.54, 1.807) is 25.2 Å². The van der Waals surface area contributed by atoms with E-state index in [9.17, 15) is 19.7 Å². The van der Waals surface area contributed by atoms with E-state index in [0.29, 0.717) is 5.69 Å². The fourth-order valence-corrected chi connectivity index (χ4v) is 2.64. The SMILES string of the molecule is CNc1ccc([N+](=O)[O-])cc1C(=O)O[C@@H](C)C(=O)Nc1c(Cl)cccc1Cl. The number of para-hydroxylation sites is 1. The van der Waals surface area contributed by atoms with Crippen molar-refractivity contribution in [1.82, 2.24) is 0 Å². The van der Waals surface area contributed by atoms with Gasteiger partial charge in [0.1, 0.15) is 0 Å². The van der Waals surface area contributed by atoms with Crippen LogP contribution in [0, 0.1) is 10.1 Å². The Morgan fingerprint density at radius 2 is 1.81 bits per heavy atom. The van der Waals surface area contributed by atoms with E-state index in [1.807, 2.05) is 0 Å². The molecule has 2 rings (SSSR count). The molecule has 8 nitrogen and oxygen atoms in total. The normalized spacial score (nSPS) is 11.4. The number of amides is 1. The number of hydrogen-bond donors (Lipinski definition) is 2. The summed E-state index contributed by atoms with van der Waals surface area (Å²) in [6.45, 7) is 1.36. The van der Waals surface area contributed by atoms with Gasteiger partial charge < -0.3 is 15.4 Å². The molecule has 0 aliphatic rings. The van der Waals surface area contributed by atoms with E-state index in [2.05, 4.69) is 10.6 Å². The van der Waals surface area contributed by atoms with Crippen molar-refractivity contribution in [3.8, 4) is 0 Å². The molecule has 0 heterocycles. The fraction of sp³-hybridized carbons (Fsp3) is 0.176. The summed E-state index contributed by atoms with van der Waals surface area (Å²) in [6, 6.07) is 8.40. The lowest BCUT2D eigenvalue weighted by atomic mass is 10.1. The lowest BCUT2D eigenvalue weighted by Gasteiger charge is -2.16. The monoisotopic (exact) mass is 411 g/mol. The number of anilines is 2. The van der Waals surface area contributed by atoms with Crippen LogP contribution in [-0.2, 0) is 9.53 Å². The van der Waals surface area contributed by atoms with Crippen molar-refractivity contribution in [3.63, 3.8) is 0 Å². The summed E-state index contributed by atoms with van der Waals surface area (Å²) in [7, 11) is 1.55. The van der Waals surface area contributed by atoms with Crippen molar-refractivity contribution in [1.29, 1.82) is 0 Å². The van der Waals surface area contributed by atoms with Gasteiger partial charge in [-0.25, -0.2) is 4.79 Å². The zero-order valence-electron chi connectivity index (χ0n) is 14.3. The highest BCUT2D eigenvalue weighted by atomic mass is 35.5. The highest BCUT2D eigenvalue weighted by molar-refractivity contribution is 6.39. The van der Waals surface area contributed by atoms with Gasteiger partial charge in [0.05, 0.1) is 26.2 Å². The van der Waals surface area contributed by atoms with Crippen LogP contribution in [0.3, 0.4) is 0 Å². The maximum absolute atomic E-state index is 12.4. The van der Waals surface area contributed by atoms with E-state index in [0.717, 1.165) is 6.07 Å². The Kier molecular flexibility index (Phi) is 6.59. The predicted octanol–water partition coefficient (Wildman–Crippen LogP) is 4.13. The van der Waals surface area contributed by atoms with E-state index >= 15 is 0 Å². The van der Waals surface area contributed by atoms with Crippen molar-refractivity contribution in [2.24, 2.45) is 0 Å². The number of halogens is 2. The Balaban J connectivity index is 2.16. The summed E-state index contributed by atoms with van der Waals surface area (Å²) in [5, 5.41) is 16.6. The van der Waals surface area contributed by atoms with Gasteiger partial charge in [-0.05, 0) is 25.1 Å². The molecule has 2 aromatic rings. The summed E-state index contributed by atoms with van der Waals surface area (Å²) in [5.41, 5.74) is 0.176. The number of esters is 1. The predicted molar refractivity (Wildman–Crippen MR) is 103 cm³/mol. The van der Waals surface area contributed by atoms with Crippen LogP contribution in [0.1, 0.15) is 17.3 Å². The smallest absolute Gasteiger partial charge is 0.341 e. The highest BCUT2D eigenvalue weighted by Crippen LogP contribution is 2.30. The van der Waals surface area contributed by atoms with Crippen LogP contribution in [0.4, 0.5) is 17.1 Å². The number of rotatable bonds is 6. The van der Waals surface area contributed by atoms with Crippen molar-refractivity contribution in [2.45, 2.75) is 13.0 Å². The number of benzene rings is 2. The number of ether oxygens (including phenoxy) is 1. The summed E-state index contributed by atoms with van der Waals surface area (Å²) in [4.78, 5) is 35.0. The topological polar surface area (TPSA) is 111 Å². The van der Waals surface area contributed by atoms with Crippen LogP contribution in [-0.4, -0.2) is 30.0 Å². The minimum Gasteiger partial charge on any atom is -0.449 e. The molecular weight excluding hydrogens is 397 g/mol. The first-order valence-electron chi connectivity index (χ1n) is 7.66. The summed E-state index contributed by atoms with van der Waals surface area (Å²) >= 11 is 12.0. The van der Waals surface area contributed by atoms with Crippen molar-refractivity contribution < 1.29 is 19.2 Å². The Hall–Kier alpha value is -2.84. The largest absolute Gasteiger partial charge is 0.449 e. The fourth-order valence-electron chi connectivity index (χ4n) is 2.15. The van der Waals surface area contributed by atoms with Gasteiger partial charge >= 0.3 is 5.97 Å². The van der Waals surface area contributed by atoms with E-state index in [-0.39, 0.29) is 27.0 Å². The van der Waals surface area contributed by atoms with Gasteiger partial charge in [-0.15, -0.1) is 0 Å². The molecular formula is C17H15Cl2N3O5. The molecule has 1 atom stereocenters. The van der Waals surface area contributed by atoms with Crippen LogP contribution in [0.25, 0.3) is 0 Å².